The molecular formula is C10H12Cl2FNO2. The van der Waals surface area contributed by atoms with Crippen molar-refractivity contribution in [2.24, 2.45) is 0 Å². The fourth-order valence-electron chi connectivity index (χ4n) is 1.88. The van der Waals surface area contributed by atoms with Crippen LogP contribution in [0.25, 0.3) is 0 Å². The molecular weight excluding hydrogens is 256 g/mol. The molecule has 2 aliphatic heterocycles. The normalized spacial score (nSPS) is 25.1. The van der Waals surface area contributed by atoms with Gasteiger partial charge in [0.15, 0.2) is 17.3 Å². The average molecular weight is 268 g/mol. The number of nitrogens with one attached hydrogen (secondary N) is 1. The molecule has 1 N–H and O–H groups in total. The Kier molecular flexibility index (Phi) is 4.24. The highest BCUT2D eigenvalue weighted by atomic mass is 35.5. The summed E-state index contributed by atoms with van der Waals surface area (Å²) in [6, 6.07) is 4.73. The van der Waals surface area contributed by atoms with Crippen LogP contribution in [0.5, 0.6) is 11.5 Å². The molecule has 2 aliphatic rings. The van der Waals surface area contributed by atoms with Crippen LogP contribution in [0.1, 0.15) is 0 Å². The molecule has 2 heterocycles. The van der Waals surface area contributed by atoms with Crippen molar-refractivity contribution in [3.63, 3.8) is 0 Å². The monoisotopic (exact) mass is 267 g/mol. The molecule has 0 radical (unpaired) electrons. The molecule has 0 aliphatic carbocycles. The minimum atomic E-state index is -0.354. The molecule has 2 atom stereocenters. The Balaban J connectivity index is 0.000000640. The van der Waals surface area contributed by atoms with Gasteiger partial charge in [0.05, 0.1) is 0 Å². The molecule has 0 bridgehead atoms. The highest BCUT2D eigenvalue weighted by Gasteiger charge is 2.36. The Morgan fingerprint density at radius 1 is 1.12 bits per heavy atom. The van der Waals surface area contributed by atoms with Crippen molar-refractivity contribution >= 4 is 24.8 Å². The summed E-state index contributed by atoms with van der Waals surface area (Å²) in [5.74, 6) is 0.403. The van der Waals surface area contributed by atoms with Gasteiger partial charge in [-0.25, -0.2) is 4.39 Å². The molecule has 0 amide bonds. The van der Waals surface area contributed by atoms with Gasteiger partial charge in [0.25, 0.3) is 0 Å². The summed E-state index contributed by atoms with van der Waals surface area (Å²) in [7, 11) is 0. The second-order valence-electron chi connectivity index (χ2n) is 3.54. The van der Waals surface area contributed by atoms with E-state index in [0.717, 1.165) is 13.1 Å². The molecule has 3 nitrogen and oxygen atoms in total. The minimum Gasteiger partial charge on any atom is -0.481 e. The maximum absolute atomic E-state index is 13.3. The van der Waals surface area contributed by atoms with E-state index in [9.17, 15) is 4.39 Å². The van der Waals surface area contributed by atoms with Crippen molar-refractivity contribution < 1.29 is 13.9 Å². The van der Waals surface area contributed by atoms with Gasteiger partial charge in [-0.15, -0.1) is 24.8 Å². The molecule has 16 heavy (non-hydrogen) atoms. The van der Waals surface area contributed by atoms with Crippen LogP contribution >= 0.6 is 24.8 Å². The van der Waals surface area contributed by atoms with Crippen LogP contribution in [0, 0.1) is 5.82 Å². The molecule has 90 valence electrons. The SMILES string of the molecule is Cl.Cl.Fc1cccc2c1O[C@H]1CNC[C@@H]1O2. The van der Waals surface area contributed by atoms with Crippen molar-refractivity contribution in [1.29, 1.82) is 0 Å². The summed E-state index contributed by atoms with van der Waals surface area (Å²) in [6.07, 6.45) is -0.0382. The zero-order chi connectivity index (χ0) is 9.54. The van der Waals surface area contributed by atoms with Gasteiger partial charge in [0.1, 0.15) is 12.2 Å². The zero-order valence-electron chi connectivity index (χ0n) is 8.31. The number of halogens is 3. The maximum atomic E-state index is 13.3. The average Bonchev–Trinajstić information content (AvgIpc) is 2.62. The number of ether oxygens (including phenoxy) is 2. The molecule has 1 saturated heterocycles. The van der Waals surface area contributed by atoms with Gasteiger partial charge in [0.2, 0.25) is 0 Å². The van der Waals surface area contributed by atoms with Crippen LogP contribution in [0.4, 0.5) is 4.39 Å². The third-order valence-electron chi connectivity index (χ3n) is 2.58. The van der Waals surface area contributed by atoms with E-state index in [2.05, 4.69) is 5.32 Å². The number of para-hydroxylation sites is 1. The summed E-state index contributed by atoms with van der Waals surface area (Å²) in [5, 5.41) is 3.15. The highest BCUT2D eigenvalue weighted by molar-refractivity contribution is 5.85. The van der Waals surface area contributed by atoms with Crippen LogP contribution in [-0.4, -0.2) is 25.3 Å². The zero-order valence-corrected chi connectivity index (χ0v) is 9.94. The van der Waals surface area contributed by atoms with E-state index in [1.807, 2.05) is 0 Å². The summed E-state index contributed by atoms with van der Waals surface area (Å²) in [6.45, 7) is 1.49. The van der Waals surface area contributed by atoms with Gasteiger partial charge in [-0.05, 0) is 12.1 Å². The number of hydrogen-bond donors (Lipinski definition) is 1. The Morgan fingerprint density at radius 3 is 2.56 bits per heavy atom. The van der Waals surface area contributed by atoms with E-state index < -0.39 is 0 Å². The van der Waals surface area contributed by atoms with Crippen LogP contribution in [0.15, 0.2) is 18.2 Å². The molecule has 6 heteroatoms. The third-order valence-corrected chi connectivity index (χ3v) is 2.58. The van der Waals surface area contributed by atoms with E-state index in [1.165, 1.54) is 6.07 Å². The fraction of sp³-hybridized carbons (Fsp3) is 0.400. The lowest BCUT2D eigenvalue weighted by Crippen LogP contribution is -2.38. The Hall–Kier alpha value is -0.710. The van der Waals surface area contributed by atoms with Crippen molar-refractivity contribution in [3.05, 3.63) is 24.0 Å². The van der Waals surface area contributed by atoms with Crippen molar-refractivity contribution in [1.82, 2.24) is 5.32 Å². The first kappa shape index (κ1) is 13.4. The Morgan fingerprint density at radius 2 is 1.81 bits per heavy atom. The largest absolute Gasteiger partial charge is 0.481 e. The van der Waals surface area contributed by atoms with Crippen molar-refractivity contribution in [2.75, 3.05) is 13.1 Å². The van der Waals surface area contributed by atoms with Gasteiger partial charge in [-0.2, -0.15) is 0 Å². The van der Waals surface area contributed by atoms with Gasteiger partial charge in [-0.1, -0.05) is 6.07 Å². The topological polar surface area (TPSA) is 30.5 Å². The predicted octanol–water partition coefficient (Wildman–Crippen LogP) is 1.78. The first-order valence-electron chi connectivity index (χ1n) is 4.67. The fourth-order valence-corrected chi connectivity index (χ4v) is 1.88. The maximum Gasteiger partial charge on any atom is 0.197 e. The second kappa shape index (κ2) is 5.08. The van der Waals surface area contributed by atoms with Gasteiger partial charge in [0, 0.05) is 13.1 Å². The molecule has 0 unspecified atom stereocenters. The van der Waals surface area contributed by atoms with Gasteiger partial charge < -0.3 is 14.8 Å². The van der Waals surface area contributed by atoms with Crippen LogP contribution < -0.4 is 14.8 Å². The smallest absolute Gasteiger partial charge is 0.197 e. The number of rotatable bonds is 0. The Labute approximate surface area is 105 Å². The minimum absolute atomic E-state index is 0. The number of benzene rings is 1. The Bertz CT molecular complexity index is 378. The molecule has 1 fully saturated rings. The molecule has 1 aromatic rings. The lowest BCUT2D eigenvalue weighted by atomic mass is 10.2. The standard InChI is InChI=1S/C10H10FNO2.2ClH/c11-6-2-1-3-7-10(6)14-9-5-12-4-8(9)13-7;;/h1-3,8-9,12H,4-5H2;2*1H/t8-,9-;;/m0../s1. The number of hydrogen-bond acceptors (Lipinski definition) is 3. The first-order valence-corrected chi connectivity index (χ1v) is 4.67. The summed E-state index contributed by atoms with van der Waals surface area (Å²) in [4.78, 5) is 0. The molecule has 0 saturated carbocycles. The van der Waals surface area contributed by atoms with E-state index >= 15 is 0 Å². The van der Waals surface area contributed by atoms with E-state index in [0.29, 0.717) is 5.75 Å². The van der Waals surface area contributed by atoms with E-state index in [4.69, 9.17) is 9.47 Å². The van der Waals surface area contributed by atoms with Gasteiger partial charge >= 0.3 is 0 Å². The summed E-state index contributed by atoms with van der Waals surface area (Å²) >= 11 is 0. The van der Waals surface area contributed by atoms with Crippen LogP contribution in [0.3, 0.4) is 0 Å². The van der Waals surface area contributed by atoms with Crippen LogP contribution in [0.2, 0.25) is 0 Å². The third kappa shape index (κ3) is 2.05. The lowest BCUT2D eigenvalue weighted by Gasteiger charge is -2.28. The molecule has 0 spiro atoms. The predicted molar refractivity (Wildman–Crippen MR) is 62.6 cm³/mol. The molecule has 3 rings (SSSR count). The number of fused-ring (bicyclic) bond motifs is 2. The first-order chi connectivity index (χ1) is 6.84. The van der Waals surface area contributed by atoms with E-state index in [1.54, 1.807) is 12.1 Å². The summed E-state index contributed by atoms with van der Waals surface area (Å²) < 4.78 is 24.4. The lowest BCUT2D eigenvalue weighted by molar-refractivity contribution is 0.0510. The molecule has 1 aromatic carbocycles. The van der Waals surface area contributed by atoms with Gasteiger partial charge in [-0.3, -0.25) is 0 Å². The van der Waals surface area contributed by atoms with Crippen molar-refractivity contribution in [2.45, 2.75) is 12.2 Å². The van der Waals surface area contributed by atoms with Crippen LogP contribution in [-0.2, 0) is 0 Å². The van der Waals surface area contributed by atoms with Crippen molar-refractivity contribution in [3.8, 4) is 11.5 Å². The highest BCUT2D eigenvalue weighted by Crippen LogP contribution is 2.36. The van der Waals surface area contributed by atoms with E-state index in [-0.39, 0.29) is 48.6 Å². The second-order valence-corrected chi connectivity index (χ2v) is 3.54. The quantitative estimate of drug-likeness (QED) is 0.778. The molecule has 0 aromatic heterocycles. The summed E-state index contributed by atoms with van der Waals surface area (Å²) in [5.41, 5.74) is 0.